The van der Waals surface area contributed by atoms with E-state index in [1.54, 1.807) is 6.20 Å². The molecule has 12 heteroatoms. The van der Waals surface area contributed by atoms with E-state index in [-0.39, 0.29) is 18.1 Å². The molecule has 1 aromatic heterocycles. The Labute approximate surface area is 192 Å². The maximum Gasteiger partial charge on any atom is 0.326 e. The van der Waals surface area contributed by atoms with Gasteiger partial charge in [0.2, 0.25) is 17.7 Å². The summed E-state index contributed by atoms with van der Waals surface area (Å²) in [4.78, 5) is 57.8. The lowest BCUT2D eigenvalue weighted by Crippen LogP contribution is -2.58. The van der Waals surface area contributed by atoms with Gasteiger partial charge in [0.1, 0.15) is 18.1 Å². The number of H-pyrrole nitrogens is 1. The van der Waals surface area contributed by atoms with Crippen LogP contribution in [0.3, 0.4) is 0 Å². The molecule has 3 amide bonds. The van der Waals surface area contributed by atoms with Crippen LogP contribution in [0.4, 0.5) is 0 Å². The largest absolute Gasteiger partial charge is 0.480 e. The number of carbonyl (C=O) groups excluding carboxylic acids is 3. The zero-order valence-corrected chi connectivity index (χ0v) is 19.2. The number of thiol groups is 1. The van der Waals surface area contributed by atoms with E-state index in [0.29, 0.717) is 31.5 Å². The number of hydrogen-bond acceptors (Lipinski definition) is 7. The van der Waals surface area contributed by atoms with E-state index in [1.165, 1.54) is 11.2 Å². The number of nitrogens with two attached hydrogens (primary N) is 1. The number of carboxylic acid groups (broad SMARTS) is 1. The summed E-state index contributed by atoms with van der Waals surface area (Å²) >= 11 is 4.17. The molecule has 0 spiro atoms. The van der Waals surface area contributed by atoms with Gasteiger partial charge in [0.05, 0.1) is 12.4 Å². The molecule has 1 aliphatic heterocycles. The Bertz CT molecular complexity index is 802. The van der Waals surface area contributed by atoms with Gasteiger partial charge in [0.25, 0.3) is 0 Å². The number of imidazole rings is 1. The first-order chi connectivity index (χ1) is 15.1. The lowest BCUT2D eigenvalue weighted by molar-refractivity contribution is -0.149. The van der Waals surface area contributed by atoms with E-state index in [2.05, 4.69) is 33.2 Å². The Morgan fingerprint density at radius 3 is 2.53 bits per heavy atom. The molecule has 32 heavy (non-hydrogen) atoms. The molecule has 2 rings (SSSR count). The second-order valence-electron chi connectivity index (χ2n) is 8.35. The molecule has 0 saturated carbocycles. The Morgan fingerprint density at radius 2 is 1.97 bits per heavy atom. The number of likely N-dealkylation sites (tertiary alicyclic amines) is 1. The minimum atomic E-state index is -1.07. The van der Waals surface area contributed by atoms with Crippen LogP contribution < -0.4 is 16.4 Å². The van der Waals surface area contributed by atoms with E-state index in [0.717, 1.165) is 0 Å². The van der Waals surface area contributed by atoms with E-state index < -0.39 is 47.9 Å². The van der Waals surface area contributed by atoms with Crippen LogP contribution >= 0.6 is 12.6 Å². The highest BCUT2D eigenvalue weighted by Gasteiger charge is 2.38. The molecule has 1 fully saturated rings. The topological polar surface area (TPSA) is 171 Å². The van der Waals surface area contributed by atoms with Crippen molar-refractivity contribution < 1.29 is 24.3 Å². The minimum Gasteiger partial charge on any atom is -0.480 e. The van der Waals surface area contributed by atoms with Gasteiger partial charge in [-0.2, -0.15) is 12.6 Å². The van der Waals surface area contributed by atoms with Crippen LogP contribution in [0.2, 0.25) is 0 Å². The van der Waals surface area contributed by atoms with Crippen molar-refractivity contribution in [3.63, 3.8) is 0 Å². The molecule has 0 bridgehead atoms. The second-order valence-corrected chi connectivity index (χ2v) is 8.71. The molecular weight excluding hydrogens is 436 g/mol. The fourth-order valence-corrected chi connectivity index (χ4v) is 3.90. The average molecular weight is 469 g/mol. The molecule has 4 unspecified atom stereocenters. The fourth-order valence-electron chi connectivity index (χ4n) is 3.65. The normalized spacial score (nSPS) is 18.8. The van der Waals surface area contributed by atoms with Gasteiger partial charge in [-0.1, -0.05) is 13.8 Å². The van der Waals surface area contributed by atoms with Crippen molar-refractivity contribution in [2.24, 2.45) is 11.7 Å². The zero-order chi connectivity index (χ0) is 23.8. The summed E-state index contributed by atoms with van der Waals surface area (Å²) in [6.45, 7) is 4.12. The SMILES string of the molecule is CC(C)CC(NC(=O)C(N)Cc1cnc[nH]1)C(=O)NC(CS)C(=O)N1CCCC1C(=O)O. The van der Waals surface area contributed by atoms with Gasteiger partial charge < -0.3 is 31.4 Å². The molecule has 1 saturated heterocycles. The summed E-state index contributed by atoms with van der Waals surface area (Å²) in [6.07, 6.45) is 4.56. The summed E-state index contributed by atoms with van der Waals surface area (Å²) < 4.78 is 0. The van der Waals surface area contributed by atoms with Gasteiger partial charge in [-0.05, 0) is 25.2 Å². The first-order valence-corrected chi connectivity index (χ1v) is 11.2. The summed E-state index contributed by atoms with van der Waals surface area (Å²) in [5.74, 6) is -2.54. The van der Waals surface area contributed by atoms with Crippen LogP contribution in [0.5, 0.6) is 0 Å². The number of aromatic nitrogens is 2. The maximum atomic E-state index is 13.0. The number of carboxylic acids is 1. The van der Waals surface area contributed by atoms with E-state index in [1.807, 2.05) is 13.8 Å². The van der Waals surface area contributed by atoms with Crippen LogP contribution in [-0.2, 0) is 25.6 Å². The lowest BCUT2D eigenvalue weighted by atomic mass is 10.0. The van der Waals surface area contributed by atoms with Gasteiger partial charge in [0.15, 0.2) is 0 Å². The highest BCUT2D eigenvalue weighted by atomic mass is 32.1. The summed E-state index contributed by atoms with van der Waals surface area (Å²) in [6, 6.07) is -3.70. The number of aromatic amines is 1. The number of aliphatic carboxylic acids is 1. The van der Waals surface area contributed by atoms with Crippen LogP contribution in [0, 0.1) is 5.92 Å². The van der Waals surface area contributed by atoms with Gasteiger partial charge >= 0.3 is 5.97 Å². The summed E-state index contributed by atoms with van der Waals surface area (Å²) in [5, 5.41) is 14.6. The Morgan fingerprint density at radius 1 is 1.28 bits per heavy atom. The number of hydrogen-bond donors (Lipinski definition) is 6. The third-order valence-electron chi connectivity index (χ3n) is 5.29. The summed E-state index contributed by atoms with van der Waals surface area (Å²) in [7, 11) is 0. The van der Waals surface area contributed by atoms with Crippen LogP contribution in [-0.4, -0.2) is 80.1 Å². The highest BCUT2D eigenvalue weighted by Crippen LogP contribution is 2.19. The number of carbonyl (C=O) groups is 4. The van der Waals surface area contributed by atoms with Gasteiger partial charge in [-0.3, -0.25) is 14.4 Å². The molecule has 1 aromatic rings. The monoisotopic (exact) mass is 468 g/mol. The smallest absolute Gasteiger partial charge is 0.326 e. The van der Waals surface area contributed by atoms with Crippen molar-refractivity contribution >= 4 is 36.3 Å². The first kappa shape index (κ1) is 25.7. The number of rotatable bonds is 11. The molecule has 178 valence electrons. The Kier molecular flexibility index (Phi) is 9.51. The van der Waals surface area contributed by atoms with E-state index >= 15 is 0 Å². The molecule has 0 aliphatic carbocycles. The van der Waals surface area contributed by atoms with Crippen LogP contribution in [0.25, 0.3) is 0 Å². The Hall–Kier alpha value is -2.60. The van der Waals surface area contributed by atoms with Gasteiger partial charge in [-0.25, -0.2) is 9.78 Å². The fraction of sp³-hybridized carbons (Fsp3) is 0.650. The van der Waals surface area contributed by atoms with Crippen molar-refractivity contribution in [2.45, 2.75) is 63.7 Å². The molecule has 0 radical (unpaired) electrons. The van der Waals surface area contributed by atoms with Crippen molar-refractivity contribution in [2.75, 3.05) is 12.3 Å². The Balaban J connectivity index is 2.04. The zero-order valence-electron chi connectivity index (χ0n) is 18.3. The van der Waals surface area contributed by atoms with Crippen molar-refractivity contribution in [1.29, 1.82) is 0 Å². The summed E-state index contributed by atoms with van der Waals surface area (Å²) in [5.41, 5.74) is 6.66. The van der Waals surface area contributed by atoms with Gasteiger partial charge in [-0.15, -0.1) is 0 Å². The lowest BCUT2D eigenvalue weighted by Gasteiger charge is -2.28. The quantitative estimate of drug-likeness (QED) is 0.233. The third kappa shape index (κ3) is 6.95. The minimum absolute atomic E-state index is 0.00487. The molecular formula is C20H32N6O5S. The molecule has 2 heterocycles. The van der Waals surface area contributed by atoms with Crippen molar-refractivity contribution in [3.8, 4) is 0 Å². The van der Waals surface area contributed by atoms with Crippen molar-refractivity contribution in [1.82, 2.24) is 25.5 Å². The molecule has 0 aromatic carbocycles. The third-order valence-corrected chi connectivity index (χ3v) is 5.65. The van der Waals surface area contributed by atoms with E-state index in [4.69, 9.17) is 5.73 Å². The number of nitrogens with one attached hydrogen (secondary N) is 3. The van der Waals surface area contributed by atoms with Crippen LogP contribution in [0.15, 0.2) is 12.5 Å². The second kappa shape index (κ2) is 11.9. The van der Waals surface area contributed by atoms with Crippen molar-refractivity contribution in [3.05, 3.63) is 18.2 Å². The standard InChI is InChI=1S/C20H32N6O5S/c1-11(2)6-14(24-17(27)13(21)7-12-8-22-10-23-12)18(28)25-15(9-32)19(29)26-5-3-4-16(26)20(30)31/h8,10-11,13-16,32H,3-7,9,21H2,1-2H3,(H,22,23)(H,24,27)(H,25,28)(H,30,31). The van der Waals surface area contributed by atoms with Gasteiger partial charge in [0, 0.05) is 30.6 Å². The molecule has 11 nitrogen and oxygen atoms in total. The van der Waals surface area contributed by atoms with Crippen LogP contribution in [0.1, 0.15) is 38.8 Å². The molecule has 1 aliphatic rings. The predicted octanol–water partition coefficient (Wildman–Crippen LogP) is -0.699. The highest BCUT2D eigenvalue weighted by molar-refractivity contribution is 7.80. The predicted molar refractivity (Wildman–Crippen MR) is 120 cm³/mol. The number of nitrogens with zero attached hydrogens (tertiary/aromatic N) is 2. The molecule has 6 N–H and O–H groups in total. The average Bonchev–Trinajstić information content (AvgIpc) is 3.42. The molecule has 4 atom stereocenters. The van der Waals surface area contributed by atoms with E-state index in [9.17, 15) is 24.3 Å². The number of amides is 3. The maximum absolute atomic E-state index is 13.0. The first-order valence-electron chi connectivity index (χ1n) is 10.6.